The number of amides is 1. The van der Waals surface area contributed by atoms with Crippen LogP contribution in [0.25, 0.3) is 16.8 Å². The van der Waals surface area contributed by atoms with Crippen LogP contribution in [0.3, 0.4) is 0 Å². The largest absolute Gasteiger partial charge is 0.491 e. The van der Waals surface area contributed by atoms with Gasteiger partial charge in [-0.15, -0.1) is 0 Å². The Balaban J connectivity index is 1.48. The Kier molecular flexibility index (Phi) is 6.44. The second-order valence-electron chi connectivity index (χ2n) is 8.18. The smallest absolute Gasteiger partial charge is 0.258 e. The Morgan fingerprint density at radius 1 is 1.06 bits per heavy atom. The van der Waals surface area contributed by atoms with E-state index in [4.69, 9.17) is 9.47 Å². The minimum Gasteiger partial charge on any atom is -0.491 e. The van der Waals surface area contributed by atoms with Crippen molar-refractivity contribution < 1.29 is 14.3 Å². The molecule has 1 fully saturated rings. The van der Waals surface area contributed by atoms with Crippen LogP contribution in [0.5, 0.6) is 11.6 Å². The molecular weight excluding hydrogens is 446 g/mol. The quantitative estimate of drug-likeness (QED) is 0.440. The van der Waals surface area contributed by atoms with Crippen molar-refractivity contribution in [3.63, 3.8) is 0 Å². The summed E-state index contributed by atoms with van der Waals surface area (Å²) in [5.41, 5.74) is 3.83. The lowest BCUT2D eigenvalue weighted by atomic mass is 10.0. The zero-order chi connectivity index (χ0) is 24.2. The second-order valence-corrected chi connectivity index (χ2v) is 8.18. The highest BCUT2D eigenvalue weighted by Crippen LogP contribution is 2.31. The highest BCUT2D eigenvalue weighted by Gasteiger charge is 2.18. The van der Waals surface area contributed by atoms with E-state index in [0.717, 1.165) is 42.9 Å². The number of ether oxygens (including phenoxy) is 2. The van der Waals surface area contributed by atoms with Crippen molar-refractivity contribution in [1.82, 2.24) is 29.8 Å². The van der Waals surface area contributed by atoms with Gasteiger partial charge in [0.25, 0.3) is 11.8 Å². The van der Waals surface area contributed by atoms with E-state index in [1.54, 1.807) is 30.9 Å². The molecule has 0 spiro atoms. The molecule has 4 heterocycles. The molecule has 10 nitrogen and oxygen atoms in total. The molecule has 180 valence electrons. The fourth-order valence-electron chi connectivity index (χ4n) is 4.18. The highest BCUT2D eigenvalue weighted by molar-refractivity contribution is 5.95. The van der Waals surface area contributed by atoms with Crippen LogP contribution in [0.2, 0.25) is 0 Å². The van der Waals surface area contributed by atoms with E-state index < -0.39 is 0 Å². The molecule has 10 heteroatoms. The number of pyridine rings is 2. The van der Waals surface area contributed by atoms with Gasteiger partial charge in [-0.2, -0.15) is 10.1 Å². The first kappa shape index (κ1) is 22.6. The van der Waals surface area contributed by atoms with Crippen molar-refractivity contribution in [3.8, 4) is 22.8 Å². The van der Waals surface area contributed by atoms with Crippen LogP contribution < -0.4 is 20.1 Å². The topological polar surface area (TPSA) is 106 Å². The van der Waals surface area contributed by atoms with Crippen molar-refractivity contribution in [1.29, 1.82) is 0 Å². The number of carbonyl (C=O) groups is 1. The summed E-state index contributed by atoms with van der Waals surface area (Å²) in [5.74, 6) is 1.54. The van der Waals surface area contributed by atoms with E-state index >= 15 is 0 Å². The van der Waals surface area contributed by atoms with Crippen LogP contribution in [0.1, 0.15) is 16.8 Å². The van der Waals surface area contributed by atoms with Gasteiger partial charge in [-0.1, -0.05) is 12.1 Å². The van der Waals surface area contributed by atoms with E-state index in [1.165, 1.54) is 6.33 Å². The molecule has 3 aromatic heterocycles. The van der Waals surface area contributed by atoms with E-state index in [9.17, 15) is 4.79 Å². The van der Waals surface area contributed by atoms with Gasteiger partial charge in [0.1, 0.15) is 12.1 Å². The highest BCUT2D eigenvalue weighted by atomic mass is 16.5. The van der Waals surface area contributed by atoms with Gasteiger partial charge in [0.2, 0.25) is 0 Å². The zero-order valence-electron chi connectivity index (χ0n) is 19.7. The van der Waals surface area contributed by atoms with Crippen molar-refractivity contribution in [2.45, 2.75) is 6.42 Å². The number of benzene rings is 1. The number of rotatable bonds is 6. The molecule has 1 aliphatic rings. The second kappa shape index (κ2) is 9.98. The van der Waals surface area contributed by atoms with Crippen LogP contribution in [-0.4, -0.2) is 70.8 Å². The average Bonchev–Trinajstić information content (AvgIpc) is 3.21. The van der Waals surface area contributed by atoms with Gasteiger partial charge in [-0.25, -0.2) is 9.50 Å². The Hall–Kier alpha value is -4.18. The Labute approximate surface area is 202 Å². The minimum absolute atomic E-state index is 0.0465. The summed E-state index contributed by atoms with van der Waals surface area (Å²) < 4.78 is 12.3. The Bertz CT molecular complexity index is 1350. The van der Waals surface area contributed by atoms with E-state index in [-0.39, 0.29) is 5.91 Å². The number of nitrogens with one attached hydrogen (secondary N) is 2. The van der Waals surface area contributed by atoms with Gasteiger partial charge in [-0.05, 0) is 48.9 Å². The van der Waals surface area contributed by atoms with Gasteiger partial charge in [0, 0.05) is 37.0 Å². The van der Waals surface area contributed by atoms with Crippen molar-refractivity contribution in [3.05, 3.63) is 60.6 Å². The van der Waals surface area contributed by atoms with Gasteiger partial charge >= 0.3 is 0 Å². The molecule has 1 saturated heterocycles. The van der Waals surface area contributed by atoms with Crippen molar-refractivity contribution >= 4 is 23.1 Å². The number of hydrogen-bond donors (Lipinski definition) is 2. The van der Waals surface area contributed by atoms with Gasteiger partial charge < -0.3 is 25.0 Å². The van der Waals surface area contributed by atoms with Crippen LogP contribution in [0, 0.1) is 0 Å². The molecule has 0 unspecified atom stereocenters. The SMILES string of the molecule is COc1ccc(Nc2cc(-c3cccc(C(=O)N4CCCNCC4)c3)cn3ncnc23)nc1OC. The predicted molar refractivity (Wildman–Crippen MR) is 132 cm³/mol. The fraction of sp³-hybridized carbons (Fsp3) is 0.280. The minimum atomic E-state index is 0.0465. The van der Waals surface area contributed by atoms with Crippen LogP contribution in [0.4, 0.5) is 11.5 Å². The lowest BCUT2D eigenvalue weighted by Gasteiger charge is -2.20. The molecule has 0 atom stereocenters. The molecule has 0 bridgehead atoms. The maximum Gasteiger partial charge on any atom is 0.258 e. The molecule has 1 amide bonds. The molecule has 0 saturated carbocycles. The maximum absolute atomic E-state index is 13.2. The van der Waals surface area contributed by atoms with Gasteiger partial charge in [0.15, 0.2) is 11.4 Å². The monoisotopic (exact) mass is 473 g/mol. The third-order valence-corrected chi connectivity index (χ3v) is 5.95. The number of methoxy groups -OCH3 is 2. The molecule has 1 aliphatic heterocycles. The summed E-state index contributed by atoms with van der Waals surface area (Å²) in [5, 5.41) is 11.0. The van der Waals surface area contributed by atoms with E-state index in [0.29, 0.717) is 35.2 Å². The molecule has 2 N–H and O–H groups in total. The average molecular weight is 474 g/mol. The fourth-order valence-corrected chi connectivity index (χ4v) is 4.18. The number of carbonyl (C=O) groups excluding carboxylic acids is 1. The summed E-state index contributed by atoms with van der Waals surface area (Å²) in [6.45, 7) is 3.22. The maximum atomic E-state index is 13.2. The first-order chi connectivity index (χ1) is 17.2. The zero-order valence-corrected chi connectivity index (χ0v) is 19.7. The summed E-state index contributed by atoms with van der Waals surface area (Å²) in [4.78, 5) is 23.9. The summed E-state index contributed by atoms with van der Waals surface area (Å²) in [6.07, 6.45) is 4.35. The summed E-state index contributed by atoms with van der Waals surface area (Å²) >= 11 is 0. The Morgan fingerprint density at radius 3 is 2.83 bits per heavy atom. The lowest BCUT2D eigenvalue weighted by molar-refractivity contribution is 0.0766. The standard InChI is InChI=1S/C25H27N7O3/c1-34-21-7-8-22(30-24(21)35-2)29-20-14-19(15-32-23(20)27-16-28-32)17-5-3-6-18(13-17)25(33)31-11-4-9-26-10-12-31/h3,5-8,13-16,26H,4,9-12H2,1-2H3,(H,29,30). The normalized spacial score (nSPS) is 13.9. The van der Waals surface area contributed by atoms with E-state index in [1.807, 2.05) is 41.4 Å². The first-order valence-corrected chi connectivity index (χ1v) is 11.5. The molecular formula is C25H27N7O3. The van der Waals surface area contributed by atoms with Crippen LogP contribution in [0.15, 0.2) is 55.0 Å². The van der Waals surface area contributed by atoms with Crippen molar-refractivity contribution in [2.24, 2.45) is 0 Å². The summed E-state index contributed by atoms with van der Waals surface area (Å²) in [6, 6.07) is 13.2. The first-order valence-electron chi connectivity index (χ1n) is 11.5. The number of aromatic nitrogens is 4. The van der Waals surface area contributed by atoms with Crippen molar-refractivity contribution in [2.75, 3.05) is 45.7 Å². The van der Waals surface area contributed by atoms with E-state index in [2.05, 4.69) is 25.7 Å². The third kappa shape index (κ3) is 4.73. The van der Waals surface area contributed by atoms with Gasteiger partial charge in [0.05, 0.1) is 19.9 Å². The number of nitrogens with zero attached hydrogens (tertiary/aromatic N) is 5. The molecule has 4 aromatic rings. The number of hydrogen-bond acceptors (Lipinski definition) is 8. The molecule has 0 radical (unpaired) electrons. The third-order valence-electron chi connectivity index (χ3n) is 5.95. The molecule has 0 aliphatic carbocycles. The predicted octanol–water partition coefficient (Wildman–Crippen LogP) is 2.99. The molecule has 1 aromatic carbocycles. The summed E-state index contributed by atoms with van der Waals surface area (Å²) in [7, 11) is 3.11. The lowest BCUT2D eigenvalue weighted by Crippen LogP contribution is -2.34. The van der Waals surface area contributed by atoms with Crippen LogP contribution >= 0.6 is 0 Å². The number of fused-ring (bicyclic) bond motifs is 1. The molecule has 5 rings (SSSR count). The Morgan fingerprint density at radius 2 is 1.97 bits per heavy atom. The number of anilines is 2. The molecule has 35 heavy (non-hydrogen) atoms. The van der Waals surface area contributed by atoms with Crippen LogP contribution in [-0.2, 0) is 0 Å². The van der Waals surface area contributed by atoms with Gasteiger partial charge in [-0.3, -0.25) is 4.79 Å².